The number of aryl methyl sites for hydroxylation is 1. The molecule has 2 fully saturated rings. The molecule has 2 aromatic rings. The summed E-state index contributed by atoms with van der Waals surface area (Å²) in [5, 5.41) is 0. The molecule has 1 amide bonds. The average molecular weight is 380 g/mol. The van der Waals surface area contributed by atoms with Crippen LogP contribution < -0.4 is 0 Å². The van der Waals surface area contributed by atoms with E-state index in [-0.39, 0.29) is 11.9 Å². The molecule has 0 N–H and O–H groups in total. The number of amides is 1. The van der Waals surface area contributed by atoms with E-state index >= 15 is 0 Å². The maximum atomic E-state index is 13.1. The molecule has 0 radical (unpaired) electrons. The third-order valence-corrected chi connectivity index (χ3v) is 6.54. The van der Waals surface area contributed by atoms with Gasteiger partial charge in [0.1, 0.15) is 0 Å². The van der Waals surface area contributed by atoms with Crippen molar-refractivity contribution in [2.75, 3.05) is 26.2 Å². The van der Waals surface area contributed by atoms with Gasteiger partial charge in [-0.2, -0.15) is 0 Å². The summed E-state index contributed by atoms with van der Waals surface area (Å²) in [7, 11) is 0. The molecular formula is C24H33N3O. The van der Waals surface area contributed by atoms with Crippen LogP contribution in [0.15, 0.2) is 48.8 Å². The number of benzene rings is 1. The molecule has 1 unspecified atom stereocenters. The van der Waals surface area contributed by atoms with E-state index < -0.39 is 0 Å². The fourth-order valence-electron chi connectivity index (χ4n) is 4.80. The molecule has 0 bridgehead atoms. The molecule has 4 rings (SSSR count). The van der Waals surface area contributed by atoms with Crippen molar-refractivity contribution in [3.63, 3.8) is 0 Å². The second-order valence-electron chi connectivity index (χ2n) is 8.47. The highest BCUT2D eigenvalue weighted by atomic mass is 16.2. The molecule has 0 saturated carbocycles. The molecule has 0 aliphatic carbocycles. The van der Waals surface area contributed by atoms with Crippen LogP contribution in [0.3, 0.4) is 0 Å². The summed E-state index contributed by atoms with van der Waals surface area (Å²) in [5.41, 5.74) is 2.46. The van der Waals surface area contributed by atoms with E-state index in [0.717, 1.165) is 25.9 Å². The molecule has 2 aliphatic heterocycles. The van der Waals surface area contributed by atoms with Crippen molar-refractivity contribution in [2.45, 2.75) is 57.5 Å². The summed E-state index contributed by atoms with van der Waals surface area (Å²) in [6, 6.07) is 13.4. The first kappa shape index (κ1) is 19.3. The Morgan fingerprint density at radius 3 is 2.25 bits per heavy atom. The van der Waals surface area contributed by atoms with E-state index in [9.17, 15) is 4.79 Å². The Hall–Kier alpha value is -2.07. The molecular weight excluding hydrogens is 346 g/mol. The van der Waals surface area contributed by atoms with Crippen molar-refractivity contribution >= 4 is 5.91 Å². The van der Waals surface area contributed by atoms with Crippen molar-refractivity contribution in [3.05, 3.63) is 59.9 Å². The summed E-state index contributed by atoms with van der Waals surface area (Å²) in [5.74, 6) is 0.288. The zero-order chi connectivity index (χ0) is 19.3. The van der Waals surface area contributed by atoms with Crippen LogP contribution in [0.1, 0.15) is 55.7 Å². The standard InChI is InChI=1S/C24H33N3O/c1-20-7-9-21(10-8-20)23(26-15-5-6-16-26)19-24(28)27-17-11-22(12-18-27)25-13-3-2-4-14-25/h5-10,15-16,22-23H,2-4,11-14,17-19H2,1H3. The molecule has 4 heteroatoms. The summed E-state index contributed by atoms with van der Waals surface area (Å²) in [6.07, 6.45) is 11.0. The smallest absolute Gasteiger partial charge is 0.225 e. The van der Waals surface area contributed by atoms with Crippen LogP contribution >= 0.6 is 0 Å². The van der Waals surface area contributed by atoms with Gasteiger partial charge in [0.2, 0.25) is 5.91 Å². The zero-order valence-corrected chi connectivity index (χ0v) is 17.1. The maximum absolute atomic E-state index is 13.1. The van der Waals surface area contributed by atoms with Crippen LogP contribution in [-0.2, 0) is 4.79 Å². The SMILES string of the molecule is Cc1ccc(C(CC(=O)N2CCC(N3CCCCC3)CC2)n2cccc2)cc1. The first-order valence-electron chi connectivity index (χ1n) is 10.9. The predicted molar refractivity (Wildman–Crippen MR) is 113 cm³/mol. The van der Waals surface area contributed by atoms with Crippen LogP contribution in [0.2, 0.25) is 0 Å². The van der Waals surface area contributed by atoms with Crippen LogP contribution in [0.5, 0.6) is 0 Å². The number of likely N-dealkylation sites (tertiary alicyclic amines) is 2. The van der Waals surface area contributed by atoms with Gasteiger partial charge in [0.25, 0.3) is 0 Å². The van der Waals surface area contributed by atoms with Crippen LogP contribution in [-0.4, -0.2) is 52.5 Å². The predicted octanol–water partition coefficient (Wildman–Crippen LogP) is 4.25. The number of nitrogens with zero attached hydrogens (tertiary/aromatic N) is 3. The lowest BCUT2D eigenvalue weighted by Gasteiger charge is -2.40. The minimum atomic E-state index is 0.0721. The van der Waals surface area contributed by atoms with Crippen molar-refractivity contribution in [3.8, 4) is 0 Å². The van der Waals surface area contributed by atoms with Crippen LogP contribution in [0, 0.1) is 6.92 Å². The summed E-state index contributed by atoms with van der Waals surface area (Å²) in [4.78, 5) is 17.9. The van der Waals surface area contributed by atoms with E-state index in [1.807, 2.05) is 12.1 Å². The molecule has 1 atom stereocenters. The van der Waals surface area contributed by atoms with Crippen molar-refractivity contribution < 1.29 is 4.79 Å². The zero-order valence-electron chi connectivity index (χ0n) is 17.1. The number of carbonyl (C=O) groups is 1. The van der Waals surface area contributed by atoms with E-state index in [4.69, 9.17) is 0 Å². The van der Waals surface area contributed by atoms with Gasteiger partial charge in [-0.15, -0.1) is 0 Å². The molecule has 1 aromatic heterocycles. The second kappa shape index (κ2) is 8.95. The normalized spacial score (nSPS) is 20.2. The molecule has 1 aromatic carbocycles. The molecule has 3 heterocycles. The van der Waals surface area contributed by atoms with E-state index in [1.54, 1.807) is 0 Å². The fourth-order valence-corrected chi connectivity index (χ4v) is 4.80. The third-order valence-electron chi connectivity index (χ3n) is 6.54. The molecule has 4 nitrogen and oxygen atoms in total. The minimum absolute atomic E-state index is 0.0721. The van der Waals surface area contributed by atoms with E-state index in [1.165, 1.54) is 43.5 Å². The van der Waals surface area contributed by atoms with Crippen LogP contribution in [0.4, 0.5) is 0 Å². The third kappa shape index (κ3) is 4.49. The van der Waals surface area contributed by atoms with Gasteiger partial charge < -0.3 is 14.4 Å². The van der Waals surface area contributed by atoms with Gasteiger partial charge >= 0.3 is 0 Å². The topological polar surface area (TPSA) is 28.5 Å². The second-order valence-corrected chi connectivity index (χ2v) is 8.47. The van der Waals surface area contributed by atoms with Crippen molar-refractivity contribution in [1.29, 1.82) is 0 Å². The quantitative estimate of drug-likeness (QED) is 0.777. The summed E-state index contributed by atoms with van der Waals surface area (Å²) in [6.45, 7) is 6.42. The summed E-state index contributed by atoms with van der Waals surface area (Å²) >= 11 is 0. The van der Waals surface area contributed by atoms with E-state index in [2.05, 4.69) is 57.9 Å². The number of hydrogen-bond donors (Lipinski definition) is 0. The first-order chi connectivity index (χ1) is 13.7. The summed E-state index contributed by atoms with van der Waals surface area (Å²) < 4.78 is 2.17. The van der Waals surface area contributed by atoms with Gasteiger partial charge in [0.15, 0.2) is 0 Å². The largest absolute Gasteiger partial charge is 0.346 e. The number of hydrogen-bond acceptors (Lipinski definition) is 2. The minimum Gasteiger partial charge on any atom is -0.346 e. The Bertz CT molecular complexity index is 739. The van der Waals surface area contributed by atoms with Crippen LogP contribution in [0.25, 0.3) is 0 Å². The Morgan fingerprint density at radius 1 is 0.964 bits per heavy atom. The molecule has 2 saturated heterocycles. The van der Waals surface area contributed by atoms with Gasteiger partial charge in [-0.25, -0.2) is 0 Å². The molecule has 28 heavy (non-hydrogen) atoms. The molecule has 150 valence electrons. The van der Waals surface area contributed by atoms with Gasteiger partial charge in [-0.05, 0) is 63.4 Å². The average Bonchev–Trinajstić information content (AvgIpc) is 3.28. The highest BCUT2D eigenvalue weighted by molar-refractivity contribution is 5.77. The Balaban J connectivity index is 1.39. The number of carbonyl (C=O) groups excluding carboxylic acids is 1. The number of piperidine rings is 2. The Kier molecular flexibility index (Phi) is 6.16. The van der Waals surface area contributed by atoms with Gasteiger partial charge in [0, 0.05) is 31.5 Å². The van der Waals surface area contributed by atoms with Gasteiger partial charge in [0.05, 0.1) is 12.5 Å². The highest BCUT2D eigenvalue weighted by Crippen LogP contribution is 2.26. The fraction of sp³-hybridized carbons (Fsp3) is 0.542. The Labute approximate surface area is 169 Å². The van der Waals surface area contributed by atoms with E-state index in [0.29, 0.717) is 12.5 Å². The van der Waals surface area contributed by atoms with Gasteiger partial charge in [-0.3, -0.25) is 4.79 Å². The molecule has 0 spiro atoms. The maximum Gasteiger partial charge on any atom is 0.225 e. The highest BCUT2D eigenvalue weighted by Gasteiger charge is 2.29. The lowest BCUT2D eigenvalue weighted by atomic mass is 9.98. The Morgan fingerprint density at radius 2 is 1.61 bits per heavy atom. The lowest BCUT2D eigenvalue weighted by molar-refractivity contribution is -0.133. The lowest BCUT2D eigenvalue weighted by Crippen LogP contribution is -2.48. The first-order valence-corrected chi connectivity index (χ1v) is 10.9. The van der Waals surface area contributed by atoms with Gasteiger partial charge in [-0.1, -0.05) is 36.2 Å². The van der Waals surface area contributed by atoms with Crippen molar-refractivity contribution in [2.24, 2.45) is 0 Å². The monoisotopic (exact) mass is 379 g/mol. The molecule has 2 aliphatic rings. The number of aromatic nitrogens is 1. The number of rotatable bonds is 5. The van der Waals surface area contributed by atoms with Crippen molar-refractivity contribution in [1.82, 2.24) is 14.4 Å².